The Bertz CT molecular complexity index is 551. The number of nitrogens with zero attached hydrogens (tertiary/aromatic N) is 2. The number of rotatable bonds is 2. The molecule has 1 aromatic carbocycles. The van der Waals surface area contributed by atoms with E-state index in [2.05, 4.69) is 27.8 Å². The van der Waals surface area contributed by atoms with Crippen molar-refractivity contribution >= 4 is 21.8 Å². The Morgan fingerprint density at radius 3 is 2.85 bits per heavy atom. The minimum atomic E-state index is -0.460. The number of carbonyl (C=O) groups is 1. The van der Waals surface area contributed by atoms with Crippen LogP contribution in [0.25, 0.3) is 0 Å². The number of carbonyl (C=O) groups excluding carboxylic acids is 1. The summed E-state index contributed by atoms with van der Waals surface area (Å²) < 4.78 is 13.6. The van der Waals surface area contributed by atoms with E-state index >= 15 is 0 Å². The van der Waals surface area contributed by atoms with E-state index in [-0.39, 0.29) is 11.7 Å². The molecule has 2 heterocycles. The molecule has 0 N–H and O–H groups in total. The normalized spacial score (nSPS) is 29.8. The zero-order valence-corrected chi connectivity index (χ0v) is 13.2. The first kappa shape index (κ1) is 14.0. The second-order valence-electron chi connectivity index (χ2n) is 5.70. The highest BCUT2D eigenvalue weighted by Crippen LogP contribution is 2.34. The van der Waals surface area contributed by atoms with Gasteiger partial charge >= 0.3 is 0 Å². The molecule has 0 spiro atoms. The van der Waals surface area contributed by atoms with Crippen LogP contribution in [0.3, 0.4) is 0 Å². The molecule has 2 aliphatic rings. The Morgan fingerprint density at radius 2 is 2.20 bits per heavy atom. The van der Waals surface area contributed by atoms with Gasteiger partial charge < -0.3 is 4.90 Å². The Kier molecular flexibility index (Phi) is 3.58. The summed E-state index contributed by atoms with van der Waals surface area (Å²) in [5.74, 6) is -0.229. The third-order valence-corrected chi connectivity index (χ3v) is 5.39. The van der Waals surface area contributed by atoms with Gasteiger partial charge in [0.1, 0.15) is 10.6 Å². The summed E-state index contributed by atoms with van der Waals surface area (Å²) in [4.78, 5) is 16.3. The first-order chi connectivity index (χ1) is 9.49. The summed E-state index contributed by atoms with van der Waals surface area (Å²) in [5.41, 5.74) is 1.28. The van der Waals surface area contributed by atoms with E-state index in [1.54, 1.807) is 13.0 Å². The zero-order valence-electron chi connectivity index (χ0n) is 11.6. The third kappa shape index (κ3) is 2.37. The minimum absolute atomic E-state index is 0.0343. The molecule has 1 amide bonds. The standard InChI is InChI=1S/C15H18BrFN2O/c1-9-3-4-11(7-12(9)17)14(16)15(20)18-5-6-19-10(2)13(19)8-18/h3-4,7,10,13-14H,5-6,8H2,1-2H3/t10-,13?,14?,19?/m1/s1. The zero-order chi connectivity index (χ0) is 14.4. The highest BCUT2D eigenvalue weighted by Gasteiger charge is 2.48. The summed E-state index contributed by atoms with van der Waals surface area (Å²) in [6.07, 6.45) is 0. The monoisotopic (exact) mass is 340 g/mol. The van der Waals surface area contributed by atoms with Crippen LogP contribution in [0.1, 0.15) is 22.9 Å². The topological polar surface area (TPSA) is 23.3 Å². The highest BCUT2D eigenvalue weighted by molar-refractivity contribution is 9.09. The van der Waals surface area contributed by atoms with Crippen LogP contribution in [0.15, 0.2) is 18.2 Å². The van der Waals surface area contributed by atoms with E-state index in [4.69, 9.17) is 0 Å². The van der Waals surface area contributed by atoms with Crippen LogP contribution in [-0.2, 0) is 4.79 Å². The molecule has 2 saturated heterocycles. The van der Waals surface area contributed by atoms with Gasteiger partial charge in [0.2, 0.25) is 5.91 Å². The summed E-state index contributed by atoms with van der Waals surface area (Å²) in [5, 5.41) is 0. The van der Waals surface area contributed by atoms with E-state index in [1.165, 1.54) is 6.07 Å². The third-order valence-electron chi connectivity index (χ3n) is 4.47. The van der Waals surface area contributed by atoms with Gasteiger partial charge in [-0.25, -0.2) is 4.39 Å². The minimum Gasteiger partial charge on any atom is -0.339 e. The predicted molar refractivity (Wildman–Crippen MR) is 79.3 cm³/mol. The fraction of sp³-hybridized carbons (Fsp3) is 0.533. The van der Waals surface area contributed by atoms with E-state index in [1.807, 2.05) is 11.0 Å². The number of halogens is 2. The van der Waals surface area contributed by atoms with Gasteiger partial charge in [-0.1, -0.05) is 28.1 Å². The van der Waals surface area contributed by atoms with E-state index in [9.17, 15) is 9.18 Å². The Morgan fingerprint density at radius 1 is 1.45 bits per heavy atom. The smallest absolute Gasteiger partial charge is 0.240 e. The number of piperazine rings is 1. The fourth-order valence-electron chi connectivity index (χ4n) is 2.93. The van der Waals surface area contributed by atoms with E-state index < -0.39 is 4.83 Å². The number of hydrogen-bond donors (Lipinski definition) is 0. The van der Waals surface area contributed by atoms with Gasteiger partial charge in [0.15, 0.2) is 0 Å². The summed E-state index contributed by atoms with van der Waals surface area (Å²) in [6, 6.07) is 6.09. The number of aryl methyl sites for hydroxylation is 1. The SMILES string of the molecule is Cc1ccc(C(Br)C(=O)N2CCN3C(C2)[C@H]3C)cc1F. The molecule has 5 heteroatoms. The lowest BCUT2D eigenvalue weighted by Gasteiger charge is -2.28. The average Bonchev–Trinajstić information content (AvgIpc) is 3.10. The molecule has 4 atom stereocenters. The highest BCUT2D eigenvalue weighted by atomic mass is 79.9. The van der Waals surface area contributed by atoms with E-state index in [0.717, 1.165) is 19.6 Å². The van der Waals surface area contributed by atoms with Gasteiger partial charge in [0.25, 0.3) is 0 Å². The molecule has 3 nitrogen and oxygen atoms in total. The maximum absolute atomic E-state index is 13.6. The van der Waals surface area contributed by atoms with Crippen LogP contribution in [0.2, 0.25) is 0 Å². The summed E-state index contributed by atoms with van der Waals surface area (Å²) in [6.45, 7) is 6.41. The first-order valence-electron chi connectivity index (χ1n) is 6.93. The van der Waals surface area contributed by atoms with Crippen LogP contribution in [-0.4, -0.2) is 47.4 Å². The van der Waals surface area contributed by atoms with Crippen LogP contribution < -0.4 is 0 Å². The molecular formula is C15H18BrFN2O. The molecule has 0 aliphatic carbocycles. The molecule has 108 valence electrons. The molecule has 0 radical (unpaired) electrons. The quantitative estimate of drug-likeness (QED) is 0.610. The largest absolute Gasteiger partial charge is 0.339 e. The fourth-order valence-corrected chi connectivity index (χ4v) is 3.50. The molecule has 3 unspecified atom stereocenters. The van der Waals surface area contributed by atoms with Crippen molar-refractivity contribution in [1.82, 2.24) is 9.80 Å². The van der Waals surface area contributed by atoms with Crippen LogP contribution in [0.5, 0.6) is 0 Å². The molecule has 20 heavy (non-hydrogen) atoms. The molecule has 1 aromatic rings. The van der Waals surface area contributed by atoms with Gasteiger partial charge in [-0.05, 0) is 31.0 Å². The maximum Gasteiger partial charge on any atom is 0.240 e. The van der Waals surface area contributed by atoms with Crippen molar-refractivity contribution in [3.63, 3.8) is 0 Å². The van der Waals surface area contributed by atoms with E-state index in [0.29, 0.717) is 23.2 Å². The van der Waals surface area contributed by atoms with Gasteiger partial charge in [-0.15, -0.1) is 0 Å². The molecule has 0 aromatic heterocycles. The molecule has 3 rings (SSSR count). The van der Waals surface area contributed by atoms with Crippen molar-refractivity contribution in [3.05, 3.63) is 35.1 Å². The number of amides is 1. The van der Waals surface area contributed by atoms with Gasteiger partial charge in [0, 0.05) is 31.7 Å². The number of benzene rings is 1. The Balaban J connectivity index is 1.71. The van der Waals surface area contributed by atoms with Gasteiger partial charge in [-0.3, -0.25) is 9.69 Å². The van der Waals surface area contributed by atoms with Crippen molar-refractivity contribution in [2.45, 2.75) is 30.8 Å². The van der Waals surface area contributed by atoms with Gasteiger partial charge in [-0.2, -0.15) is 0 Å². The number of alkyl halides is 1. The van der Waals surface area contributed by atoms with Crippen molar-refractivity contribution in [3.8, 4) is 0 Å². The van der Waals surface area contributed by atoms with Gasteiger partial charge in [0.05, 0.1) is 0 Å². The Labute approximate surface area is 126 Å². The molecular weight excluding hydrogens is 323 g/mol. The van der Waals surface area contributed by atoms with Crippen molar-refractivity contribution in [1.29, 1.82) is 0 Å². The summed E-state index contributed by atoms with van der Waals surface area (Å²) in [7, 11) is 0. The second kappa shape index (κ2) is 5.11. The first-order valence-corrected chi connectivity index (χ1v) is 7.85. The predicted octanol–water partition coefficient (Wildman–Crippen LogP) is 2.49. The van der Waals surface area contributed by atoms with Crippen molar-refractivity contribution in [2.75, 3.05) is 19.6 Å². The van der Waals surface area contributed by atoms with Crippen LogP contribution >= 0.6 is 15.9 Å². The molecule has 2 aliphatic heterocycles. The average molecular weight is 341 g/mol. The molecule has 0 saturated carbocycles. The lowest BCUT2D eigenvalue weighted by Crippen LogP contribution is -2.43. The lowest BCUT2D eigenvalue weighted by atomic mass is 10.1. The maximum atomic E-state index is 13.6. The lowest BCUT2D eigenvalue weighted by molar-refractivity contribution is -0.131. The van der Waals surface area contributed by atoms with Crippen LogP contribution in [0.4, 0.5) is 4.39 Å². The molecule has 2 fully saturated rings. The van der Waals surface area contributed by atoms with Crippen LogP contribution in [0, 0.1) is 12.7 Å². The summed E-state index contributed by atoms with van der Waals surface area (Å²) >= 11 is 3.42. The molecule has 0 bridgehead atoms. The number of fused-ring (bicyclic) bond motifs is 1. The van der Waals surface area contributed by atoms with Crippen molar-refractivity contribution in [2.24, 2.45) is 0 Å². The Hall–Kier alpha value is -0.940. The second-order valence-corrected chi connectivity index (χ2v) is 6.62. The van der Waals surface area contributed by atoms with Crippen molar-refractivity contribution < 1.29 is 9.18 Å². The number of hydrogen-bond acceptors (Lipinski definition) is 2.